The van der Waals surface area contributed by atoms with Crippen LogP contribution in [-0.2, 0) is 6.54 Å². The molecule has 20 heavy (non-hydrogen) atoms. The molecule has 0 aliphatic heterocycles. The van der Waals surface area contributed by atoms with Crippen molar-refractivity contribution in [3.05, 3.63) is 54.1 Å². The molecule has 1 aliphatic carbocycles. The minimum absolute atomic E-state index is 0.399. The van der Waals surface area contributed by atoms with Crippen molar-refractivity contribution in [3.63, 3.8) is 0 Å². The van der Waals surface area contributed by atoms with E-state index in [9.17, 15) is 0 Å². The topological polar surface area (TPSA) is 47.0 Å². The van der Waals surface area contributed by atoms with E-state index in [1.807, 2.05) is 18.2 Å². The van der Waals surface area contributed by atoms with Gasteiger partial charge in [0.1, 0.15) is 12.1 Å². The van der Waals surface area contributed by atoms with E-state index >= 15 is 0 Å². The van der Waals surface area contributed by atoms with Gasteiger partial charge in [0.25, 0.3) is 0 Å². The number of hydrogen-bond acceptors (Lipinski definition) is 4. The van der Waals surface area contributed by atoms with Gasteiger partial charge in [-0.15, -0.1) is 0 Å². The van der Waals surface area contributed by atoms with Gasteiger partial charge in [-0.3, -0.25) is 0 Å². The molecule has 4 heteroatoms. The lowest BCUT2D eigenvalue weighted by Gasteiger charge is -2.19. The van der Waals surface area contributed by atoms with Crippen LogP contribution in [0, 0.1) is 5.92 Å². The Hall–Kier alpha value is -1.94. The fraction of sp³-hybridized carbons (Fsp3) is 0.375. The monoisotopic (exact) mass is 269 g/mol. The summed E-state index contributed by atoms with van der Waals surface area (Å²) in [5.74, 6) is 1.64. The van der Waals surface area contributed by atoms with Crippen molar-refractivity contribution < 1.29 is 4.74 Å². The molecule has 1 aromatic carbocycles. The summed E-state index contributed by atoms with van der Waals surface area (Å²) in [6.45, 7) is 0.774. The van der Waals surface area contributed by atoms with Gasteiger partial charge in [0.2, 0.25) is 0 Å². The largest absolute Gasteiger partial charge is 0.497 e. The van der Waals surface area contributed by atoms with E-state index < -0.39 is 0 Å². The highest BCUT2D eigenvalue weighted by atomic mass is 16.5. The third-order valence-corrected chi connectivity index (χ3v) is 3.71. The lowest BCUT2D eigenvalue weighted by atomic mass is 10.0. The zero-order chi connectivity index (χ0) is 13.8. The molecule has 1 fully saturated rings. The Morgan fingerprint density at radius 3 is 2.65 bits per heavy atom. The molecule has 1 atom stereocenters. The molecule has 0 radical (unpaired) electrons. The third kappa shape index (κ3) is 3.14. The first kappa shape index (κ1) is 13.1. The van der Waals surface area contributed by atoms with E-state index in [-0.39, 0.29) is 0 Å². The summed E-state index contributed by atoms with van der Waals surface area (Å²) < 4.78 is 5.22. The van der Waals surface area contributed by atoms with Crippen molar-refractivity contribution in [2.75, 3.05) is 7.11 Å². The summed E-state index contributed by atoms with van der Waals surface area (Å²) in [5.41, 5.74) is 2.35. The molecule has 1 unspecified atom stereocenters. The first-order valence-electron chi connectivity index (χ1n) is 6.99. The molecule has 0 saturated heterocycles. The SMILES string of the molecule is COc1ccc(C(NCc2ccncn2)C2CC2)cc1. The summed E-state index contributed by atoms with van der Waals surface area (Å²) in [6.07, 6.45) is 5.97. The van der Waals surface area contributed by atoms with Crippen LogP contribution in [0.3, 0.4) is 0 Å². The molecule has 104 valence electrons. The first-order chi connectivity index (χ1) is 9.86. The predicted octanol–water partition coefficient (Wildman–Crippen LogP) is 2.73. The summed E-state index contributed by atoms with van der Waals surface area (Å²) >= 11 is 0. The van der Waals surface area contributed by atoms with Gasteiger partial charge in [-0.05, 0) is 42.5 Å². The zero-order valence-corrected chi connectivity index (χ0v) is 11.6. The van der Waals surface area contributed by atoms with Crippen molar-refractivity contribution in [3.8, 4) is 5.75 Å². The molecule has 1 N–H and O–H groups in total. The van der Waals surface area contributed by atoms with Crippen LogP contribution in [0.4, 0.5) is 0 Å². The Labute approximate surface area is 119 Å². The molecular formula is C16H19N3O. The van der Waals surface area contributed by atoms with Crippen LogP contribution in [0.2, 0.25) is 0 Å². The second kappa shape index (κ2) is 6.01. The van der Waals surface area contributed by atoms with Gasteiger partial charge in [-0.1, -0.05) is 12.1 Å². The second-order valence-corrected chi connectivity index (χ2v) is 5.17. The molecule has 1 saturated carbocycles. The number of aromatic nitrogens is 2. The molecule has 1 heterocycles. The van der Waals surface area contributed by atoms with Crippen LogP contribution in [0.15, 0.2) is 42.9 Å². The highest BCUT2D eigenvalue weighted by Gasteiger charge is 2.31. The van der Waals surface area contributed by atoms with Crippen molar-refractivity contribution >= 4 is 0 Å². The zero-order valence-electron chi connectivity index (χ0n) is 11.6. The van der Waals surface area contributed by atoms with Gasteiger partial charge in [0.15, 0.2) is 0 Å². The van der Waals surface area contributed by atoms with Crippen molar-refractivity contribution in [1.82, 2.24) is 15.3 Å². The lowest BCUT2D eigenvalue weighted by molar-refractivity contribution is 0.413. The number of ether oxygens (including phenoxy) is 1. The first-order valence-corrected chi connectivity index (χ1v) is 6.99. The fourth-order valence-electron chi connectivity index (χ4n) is 2.43. The number of hydrogen-bond donors (Lipinski definition) is 1. The van der Waals surface area contributed by atoms with E-state index in [1.165, 1.54) is 18.4 Å². The van der Waals surface area contributed by atoms with E-state index in [1.54, 1.807) is 19.6 Å². The normalized spacial score (nSPS) is 15.8. The number of nitrogens with one attached hydrogen (secondary N) is 1. The average Bonchev–Trinajstić information content (AvgIpc) is 3.34. The minimum Gasteiger partial charge on any atom is -0.497 e. The Morgan fingerprint density at radius 1 is 1.25 bits per heavy atom. The van der Waals surface area contributed by atoms with E-state index in [0.717, 1.165) is 23.9 Å². The average molecular weight is 269 g/mol. The predicted molar refractivity (Wildman–Crippen MR) is 77.3 cm³/mol. The second-order valence-electron chi connectivity index (χ2n) is 5.17. The van der Waals surface area contributed by atoms with Crippen molar-refractivity contribution in [1.29, 1.82) is 0 Å². The molecule has 2 aromatic rings. The number of methoxy groups -OCH3 is 1. The quantitative estimate of drug-likeness (QED) is 0.876. The maximum Gasteiger partial charge on any atom is 0.118 e. The van der Waals surface area contributed by atoms with Gasteiger partial charge in [-0.2, -0.15) is 0 Å². The lowest BCUT2D eigenvalue weighted by Crippen LogP contribution is -2.23. The van der Waals surface area contributed by atoms with Crippen LogP contribution >= 0.6 is 0 Å². The summed E-state index contributed by atoms with van der Waals surface area (Å²) in [4.78, 5) is 8.20. The van der Waals surface area contributed by atoms with E-state index in [2.05, 4.69) is 27.4 Å². The Morgan fingerprint density at radius 2 is 2.05 bits per heavy atom. The van der Waals surface area contributed by atoms with Crippen molar-refractivity contribution in [2.24, 2.45) is 5.92 Å². The maximum absolute atomic E-state index is 5.22. The van der Waals surface area contributed by atoms with Crippen LogP contribution in [0.5, 0.6) is 5.75 Å². The van der Waals surface area contributed by atoms with Gasteiger partial charge in [-0.25, -0.2) is 9.97 Å². The molecule has 0 bridgehead atoms. The molecule has 0 spiro atoms. The van der Waals surface area contributed by atoms with E-state index in [0.29, 0.717) is 6.04 Å². The maximum atomic E-state index is 5.22. The van der Waals surface area contributed by atoms with Gasteiger partial charge >= 0.3 is 0 Å². The smallest absolute Gasteiger partial charge is 0.118 e. The van der Waals surface area contributed by atoms with Gasteiger partial charge in [0, 0.05) is 18.8 Å². The van der Waals surface area contributed by atoms with E-state index in [4.69, 9.17) is 4.74 Å². The third-order valence-electron chi connectivity index (χ3n) is 3.71. The Bertz CT molecular complexity index is 537. The van der Waals surface area contributed by atoms with Gasteiger partial charge in [0.05, 0.1) is 12.8 Å². The van der Waals surface area contributed by atoms with Crippen LogP contribution in [0.25, 0.3) is 0 Å². The Balaban J connectivity index is 1.69. The standard InChI is InChI=1S/C16H19N3O/c1-20-15-6-4-13(5-7-15)16(12-2-3-12)18-10-14-8-9-17-11-19-14/h4-9,11-12,16,18H,2-3,10H2,1H3. The Kier molecular flexibility index (Phi) is 3.92. The van der Waals surface area contributed by atoms with Gasteiger partial charge < -0.3 is 10.1 Å². The molecule has 4 nitrogen and oxygen atoms in total. The number of benzene rings is 1. The highest BCUT2D eigenvalue weighted by Crippen LogP contribution is 2.41. The van der Waals surface area contributed by atoms with Crippen LogP contribution in [-0.4, -0.2) is 17.1 Å². The minimum atomic E-state index is 0.399. The molecular weight excluding hydrogens is 250 g/mol. The molecule has 0 amide bonds. The number of nitrogens with zero attached hydrogens (tertiary/aromatic N) is 2. The molecule has 1 aliphatic rings. The van der Waals surface area contributed by atoms with Crippen LogP contribution in [0.1, 0.15) is 30.1 Å². The van der Waals surface area contributed by atoms with Crippen molar-refractivity contribution in [2.45, 2.75) is 25.4 Å². The summed E-state index contributed by atoms with van der Waals surface area (Å²) in [5, 5.41) is 3.62. The number of rotatable bonds is 6. The molecule has 1 aromatic heterocycles. The summed E-state index contributed by atoms with van der Waals surface area (Å²) in [6, 6.07) is 10.7. The fourth-order valence-corrected chi connectivity index (χ4v) is 2.43. The summed E-state index contributed by atoms with van der Waals surface area (Å²) in [7, 11) is 1.70. The highest BCUT2D eigenvalue weighted by molar-refractivity contribution is 5.30. The molecule has 3 rings (SSSR count). The van der Waals surface area contributed by atoms with Crippen LogP contribution < -0.4 is 10.1 Å².